The van der Waals surface area contributed by atoms with Crippen molar-refractivity contribution in [2.45, 2.75) is 44.6 Å². The summed E-state index contributed by atoms with van der Waals surface area (Å²) in [4.78, 5) is 23.1. The van der Waals surface area contributed by atoms with E-state index in [1.54, 1.807) is 0 Å². The Bertz CT molecular complexity index is 516. The third-order valence-electron chi connectivity index (χ3n) is 3.37. The van der Waals surface area contributed by atoms with Crippen molar-refractivity contribution in [3.05, 3.63) is 48.3 Å². The number of carbonyl (C=O) groups excluding carboxylic acids is 1. The first-order chi connectivity index (χ1) is 10.6. The van der Waals surface area contributed by atoms with E-state index in [1.807, 2.05) is 6.08 Å². The van der Waals surface area contributed by atoms with Gasteiger partial charge in [-0.1, -0.05) is 37.5 Å². The number of hydrogen-bond acceptors (Lipinski definition) is 2. The van der Waals surface area contributed by atoms with Gasteiger partial charge in [-0.05, 0) is 31.4 Å². The van der Waals surface area contributed by atoms with Crippen LogP contribution in [0.1, 0.15) is 48.9 Å². The van der Waals surface area contributed by atoms with Gasteiger partial charge < -0.3 is 10.4 Å². The van der Waals surface area contributed by atoms with Gasteiger partial charge in [0.25, 0.3) is 5.91 Å². The molecule has 0 unspecified atom stereocenters. The Balaban J connectivity index is 2.47. The summed E-state index contributed by atoms with van der Waals surface area (Å²) >= 11 is 0. The minimum Gasteiger partial charge on any atom is -0.480 e. The van der Waals surface area contributed by atoms with Crippen LogP contribution in [0.4, 0.5) is 4.39 Å². The molecule has 0 spiro atoms. The normalized spacial score (nSPS) is 11.7. The van der Waals surface area contributed by atoms with Gasteiger partial charge in [0.2, 0.25) is 0 Å². The molecule has 0 saturated carbocycles. The van der Waals surface area contributed by atoms with Crippen molar-refractivity contribution < 1.29 is 19.1 Å². The Kier molecular flexibility index (Phi) is 7.89. The van der Waals surface area contributed by atoms with Crippen molar-refractivity contribution in [3.8, 4) is 0 Å². The van der Waals surface area contributed by atoms with Gasteiger partial charge in [-0.3, -0.25) is 4.79 Å². The van der Waals surface area contributed by atoms with Gasteiger partial charge in [-0.15, -0.1) is 6.58 Å². The molecule has 0 heterocycles. The maximum Gasteiger partial charge on any atom is 0.326 e. The molecule has 1 atom stereocenters. The summed E-state index contributed by atoms with van der Waals surface area (Å²) in [7, 11) is 0. The molecule has 0 aliphatic heterocycles. The molecule has 1 rings (SSSR count). The molecule has 22 heavy (non-hydrogen) atoms. The van der Waals surface area contributed by atoms with E-state index in [9.17, 15) is 14.0 Å². The Hall–Kier alpha value is -2.17. The molecule has 120 valence electrons. The largest absolute Gasteiger partial charge is 0.480 e. The van der Waals surface area contributed by atoms with Crippen molar-refractivity contribution in [2.75, 3.05) is 0 Å². The van der Waals surface area contributed by atoms with E-state index >= 15 is 0 Å². The molecule has 0 radical (unpaired) electrons. The number of carboxylic acids is 1. The summed E-state index contributed by atoms with van der Waals surface area (Å²) in [6.45, 7) is 3.64. The molecule has 2 N–H and O–H groups in total. The Labute approximate surface area is 130 Å². The summed E-state index contributed by atoms with van der Waals surface area (Å²) in [6.07, 6.45) is 6.77. The van der Waals surface area contributed by atoms with Crippen molar-refractivity contribution in [1.29, 1.82) is 0 Å². The number of hydrogen-bond donors (Lipinski definition) is 2. The lowest BCUT2D eigenvalue weighted by Gasteiger charge is -2.14. The van der Waals surface area contributed by atoms with Gasteiger partial charge in [0.15, 0.2) is 0 Å². The lowest BCUT2D eigenvalue weighted by Crippen LogP contribution is -2.41. The molecular formula is C17H22FNO3. The number of amides is 1. The topological polar surface area (TPSA) is 66.4 Å². The zero-order valence-electron chi connectivity index (χ0n) is 12.6. The predicted molar refractivity (Wildman–Crippen MR) is 83.2 cm³/mol. The molecule has 1 aromatic rings. The molecule has 0 aromatic heterocycles. The van der Waals surface area contributed by atoms with Crippen LogP contribution >= 0.6 is 0 Å². The second kappa shape index (κ2) is 9.71. The number of carbonyl (C=O) groups is 2. The molecule has 0 aliphatic carbocycles. The predicted octanol–water partition coefficient (Wildman–Crippen LogP) is 3.54. The number of unbranched alkanes of at least 4 members (excludes halogenated alkanes) is 4. The Morgan fingerprint density at radius 2 is 1.91 bits per heavy atom. The van der Waals surface area contributed by atoms with Crippen LogP contribution < -0.4 is 5.32 Å². The number of benzene rings is 1. The van der Waals surface area contributed by atoms with Gasteiger partial charge in [0.05, 0.1) is 5.56 Å². The van der Waals surface area contributed by atoms with Crippen LogP contribution in [-0.4, -0.2) is 23.0 Å². The summed E-state index contributed by atoms with van der Waals surface area (Å²) in [5.74, 6) is -2.46. The van der Waals surface area contributed by atoms with Gasteiger partial charge in [0, 0.05) is 0 Å². The van der Waals surface area contributed by atoms with Crippen LogP contribution in [-0.2, 0) is 4.79 Å². The Morgan fingerprint density at radius 3 is 2.55 bits per heavy atom. The summed E-state index contributed by atoms with van der Waals surface area (Å²) in [6, 6.07) is 4.52. The van der Waals surface area contributed by atoms with E-state index in [-0.39, 0.29) is 5.56 Å². The number of nitrogens with one attached hydrogen (secondary N) is 1. The van der Waals surface area contributed by atoms with Gasteiger partial charge >= 0.3 is 5.97 Å². The molecule has 5 heteroatoms. The van der Waals surface area contributed by atoms with Crippen LogP contribution in [0, 0.1) is 5.82 Å². The maximum atomic E-state index is 13.5. The van der Waals surface area contributed by atoms with Gasteiger partial charge in [0.1, 0.15) is 11.9 Å². The average molecular weight is 307 g/mol. The zero-order chi connectivity index (χ0) is 16.4. The van der Waals surface area contributed by atoms with Crippen LogP contribution in [0.3, 0.4) is 0 Å². The molecule has 0 aliphatic rings. The van der Waals surface area contributed by atoms with E-state index in [0.717, 1.165) is 25.7 Å². The highest BCUT2D eigenvalue weighted by Gasteiger charge is 2.21. The fourth-order valence-corrected chi connectivity index (χ4v) is 2.13. The smallest absolute Gasteiger partial charge is 0.326 e. The molecule has 1 aromatic carbocycles. The van der Waals surface area contributed by atoms with Crippen LogP contribution in [0.25, 0.3) is 0 Å². The highest BCUT2D eigenvalue weighted by molar-refractivity contribution is 5.96. The molecule has 0 saturated heterocycles. The highest BCUT2D eigenvalue weighted by atomic mass is 19.1. The van der Waals surface area contributed by atoms with Crippen molar-refractivity contribution >= 4 is 11.9 Å². The molecule has 0 fully saturated rings. The van der Waals surface area contributed by atoms with E-state index in [1.165, 1.54) is 24.3 Å². The van der Waals surface area contributed by atoms with Crippen LogP contribution in [0.2, 0.25) is 0 Å². The fourth-order valence-electron chi connectivity index (χ4n) is 2.13. The van der Waals surface area contributed by atoms with E-state index in [0.29, 0.717) is 12.8 Å². The fraction of sp³-hybridized carbons (Fsp3) is 0.412. The second-order valence-electron chi connectivity index (χ2n) is 5.12. The maximum absolute atomic E-state index is 13.5. The van der Waals surface area contributed by atoms with Crippen molar-refractivity contribution in [1.82, 2.24) is 5.32 Å². The van der Waals surface area contributed by atoms with Gasteiger partial charge in [-0.2, -0.15) is 0 Å². The lowest BCUT2D eigenvalue weighted by molar-refractivity contribution is -0.139. The third kappa shape index (κ3) is 6.08. The number of rotatable bonds is 10. The number of carboxylic acid groups (broad SMARTS) is 1. The number of allylic oxidation sites excluding steroid dienone is 1. The summed E-state index contributed by atoms with van der Waals surface area (Å²) < 4.78 is 13.5. The minimum absolute atomic E-state index is 0.139. The third-order valence-corrected chi connectivity index (χ3v) is 3.37. The first kappa shape index (κ1) is 17.9. The quantitative estimate of drug-likeness (QED) is 0.513. The van der Waals surface area contributed by atoms with E-state index in [4.69, 9.17) is 5.11 Å². The molecular weight excluding hydrogens is 285 g/mol. The van der Waals surface area contributed by atoms with Crippen molar-refractivity contribution in [3.63, 3.8) is 0 Å². The summed E-state index contributed by atoms with van der Waals surface area (Å²) in [5, 5.41) is 11.5. The zero-order valence-corrected chi connectivity index (χ0v) is 12.6. The summed E-state index contributed by atoms with van der Waals surface area (Å²) in [5.41, 5.74) is -0.139. The molecule has 1 amide bonds. The molecule has 4 nitrogen and oxygen atoms in total. The van der Waals surface area contributed by atoms with Crippen LogP contribution in [0.15, 0.2) is 36.9 Å². The Morgan fingerprint density at radius 1 is 1.23 bits per heavy atom. The first-order valence-corrected chi connectivity index (χ1v) is 7.45. The standard InChI is InChI=1S/C17H22FNO3/c1-2-3-4-5-6-7-12-15(17(21)22)19-16(20)13-10-8-9-11-14(13)18/h2,8-11,15H,1,3-7,12H2,(H,19,20)(H,21,22)/t15-/m1/s1. The lowest BCUT2D eigenvalue weighted by atomic mass is 10.1. The minimum atomic E-state index is -1.10. The highest BCUT2D eigenvalue weighted by Crippen LogP contribution is 2.10. The van der Waals surface area contributed by atoms with Crippen LogP contribution in [0.5, 0.6) is 0 Å². The van der Waals surface area contributed by atoms with E-state index < -0.39 is 23.7 Å². The SMILES string of the molecule is C=CCCCCCC[C@@H](NC(=O)c1ccccc1F)C(=O)O. The van der Waals surface area contributed by atoms with Crippen molar-refractivity contribution in [2.24, 2.45) is 0 Å². The van der Waals surface area contributed by atoms with Gasteiger partial charge in [-0.25, -0.2) is 9.18 Å². The van der Waals surface area contributed by atoms with E-state index in [2.05, 4.69) is 11.9 Å². The number of halogens is 1. The average Bonchev–Trinajstić information content (AvgIpc) is 2.49. The second-order valence-corrected chi connectivity index (χ2v) is 5.12. The monoisotopic (exact) mass is 307 g/mol. The first-order valence-electron chi connectivity index (χ1n) is 7.45. The number of aliphatic carboxylic acids is 1. The molecule has 0 bridgehead atoms.